The van der Waals surface area contributed by atoms with Crippen LogP contribution in [0.2, 0.25) is 5.02 Å². The fraction of sp³-hybridized carbons (Fsp3) is 0.174. The van der Waals surface area contributed by atoms with Gasteiger partial charge in [0, 0.05) is 5.69 Å². The monoisotopic (exact) mass is 492 g/mol. The largest absolute Gasteiger partial charge is 0.495 e. The minimum absolute atomic E-state index is 0.0490. The summed E-state index contributed by atoms with van der Waals surface area (Å²) < 4.78 is 52.5. The summed E-state index contributed by atoms with van der Waals surface area (Å²) >= 11 is 6.12. The van der Waals surface area contributed by atoms with Gasteiger partial charge in [-0.1, -0.05) is 41.9 Å². The molecule has 174 valence electrons. The second kappa shape index (κ2) is 10.7. The van der Waals surface area contributed by atoms with Crippen LogP contribution >= 0.6 is 11.6 Å². The summed E-state index contributed by atoms with van der Waals surface area (Å²) in [7, 11) is -1.59. The Hall–Kier alpha value is -3.14. The van der Waals surface area contributed by atoms with Gasteiger partial charge in [-0.25, -0.2) is 12.8 Å². The van der Waals surface area contributed by atoms with Gasteiger partial charge in [0.25, 0.3) is 0 Å². The molecule has 3 rings (SSSR count). The van der Waals surface area contributed by atoms with Crippen LogP contribution in [0.3, 0.4) is 0 Å². The Morgan fingerprint density at radius 1 is 1.00 bits per heavy atom. The topological polar surface area (TPSA) is 93.7 Å². The van der Waals surface area contributed by atoms with Crippen LogP contribution in [0.4, 0.5) is 10.1 Å². The number of benzene rings is 3. The van der Waals surface area contributed by atoms with Crippen LogP contribution in [-0.4, -0.2) is 34.6 Å². The number of rotatable bonds is 9. The normalized spacial score (nSPS) is 12.1. The highest BCUT2D eigenvalue weighted by atomic mass is 35.5. The average molecular weight is 493 g/mol. The van der Waals surface area contributed by atoms with Crippen molar-refractivity contribution < 1.29 is 27.1 Å². The van der Waals surface area contributed by atoms with E-state index in [0.717, 1.165) is 17.7 Å². The number of hydrogen-bond donors (Lipinski definition) is 2. The van der Waals surface area contributed by atoms with E-state index in [1.54, 1.807) is 42.5 Å². The van der Waals surface area contributed by atoms with Crippen molar-refractivity contribution in [2.24, 2.45) is 0 Å². The molecule has 0 aliphatic rings. The average Bonchev–Trinajstić information content (AvgIpc) is 2.79. The molecule has 0 spiro atoms. The summed E-state index contributed by atoms with van der Waals surface area (Å²) in [5.74, 6) is -1.01. The number of carbonyl (C=O) groups is 1. The number of sulfonamides is 1. The fourth-order valence-electron chi connectivity index (χ4n) is 3.12. The van der Waals surface area contributed by atoms with Gasteiger partial charge in [-0.15, -0.1) is 0 Å². The van der Waals surface area contributed by atoms with Crippen LogP contribution in [0.15, 0.2) is 71.6 Å². The van der Waals surface area contributed by atoms with Gasteiger partial charge in [0.2, 0.25) is 15.9 Å². The quantitative estimate of drug-likeness (QED) is 0.470. The summed E-state index contributed by atoms with van der Waals surface area (Å²) in [6, 6.07) is 15.4. The van der Waals surface area contributed by atoms with E-state index in [2.05, 4.69) is 10.0 Å². The lowest BCUT2D eigenvalue weighted by molar-refractivity contribution is -0.117. The molecule has 0 heterocycles. The molecule has 0 saturated heterocycles. The van der Waals surface area contributed by atoms with E-state index < -0.39 is 32.7 Å². The molecule has 1 unspecified atom stereocenters. The Morgan fingerprint density at radius 2 is 1.67 bits per heavy atom. The van der Waals surface area contributed by atoms with E-state index in [1.807, 2.05) is 0 Å². The highest BCUT2D eigenvalue weighted by Gasteiger charge is 2.29. The Kier molecular flexibility index (Phi) is 7.91. The summed E-state index contributed by atoms with van der Waals surface area (Å²) in [5.41, 5.74) is 1.07. The van der Waals surface area contributed by atoms with Gasteiger partial charge in [-0.3, -0.25) is 4.79 Å². The zero-order valence-electron chi connectivity index (χ0n) is 17.8. The lowest BCUT2D eigenvalue weighted by Crippen LogP contribution is -2.45. The SMILES string of the molecule is COc1ccc(NC(=O)C(Cc2ccccc2)NS(=O)(=O)c2cc(F)ccc2OC)cc1Cl. The standard InChI is InChI=1S/C23H22ClFN2O5S/c1-31-20-11-9-17(14-18(20)24)26-23(28)19(12-15-6-4-3-5-7-15)27-33(29,30)22-13-16(25)8-10-21(22)32-2/h3-11,13-14,19,27H,12H2,1-2H3,(H,26,28). The van der Waals surface area contributed by atoms with Gasteiger partial charge >= 0.3 is 0 Å². The molecule has 0 aliphatic carbocycles. The third-order valence-corrected chi connectivity index (χ3v) is 6.52. The molecule has 7 nitrogen and oxygen atoms in total. The second-order valence-electron chi connectivity index (χ2n) is 7.00. The summed E-state index contributed by atoms with van der Waals surface area (Å²) in [5, 5.41) is 2.93. The molecule has 0 fully saturated rings. The Labute approximate surface area is 196 Å². The highest BCUT2D eigenvalue weighted by Crippen LogP contribution is 2.28. The molecule has 33 heavy (non-hydrogen) atoms. The third-order valence-electron chi connectivity index (χ3n) is 4.73. The van der Waals surface area contributed by atoms with Crippen molar-refractivity contribution in [1.29, 1.82) is 0 Å². The van der Waals surface area contributed by atoms with E-state index in [1.165, 1.54) is 26.4 Å². The van der Waals surface area contributed by atoms with Gasteiger partial charge in [-0.2, -0.15) is 4.72 Å². The first-order valence-corrected chi connectivity index (χ1v) is 11.6. The fourth-order valence-corrected chi connectivity index (χ4v) is 4.76. The van der Waals surface area contributed by atoms with Crippen LogP contribution in [0.25, 0.3) is 0 Å². The van der Waals surface area contributed by atoms with Gasteiger partial charge in [-0.05, 0) is 48.4 Å². The lowest BCUT2D eigenvalue weighted by Gasteiger charge is -2.20. The zero-order chi connectivity index (χ0) is 24.0. The summed E-state index contributed by atoms with van der Waals surface area (Å²) in [4.78, 5) is 12.7. The first-order chi connectivity index (χ1) is 15.7. The van der Waals surface area contributed by atoms with Crippen LogP contribution in [0.1, 0.15) is 5.56 Å². The van der Waals surface area contributed by atoms with E-state index in [9.17, 15) is 17.6 Å². The third kappa shape index (κ3) is 6.22. The minimum Gasteiger partial charge on any atom is -0.495 e. The predicted molar refractivity (Wildman–Crippen MR) is 124 cm³/mol. The van der Waals surface area contributed by atoms with Crippen molar-refractivity contribution in [2.75, 3.05) is 19.5 Å². The van der Waals surface area contributed by atoms with Crippen LogP contribution in [0, 0.1) is 5.82 Å². The van der Waals surface area contributed by atoms with E-state index in [0.29, 0.717) is 11.4 Å². The molecule has 0 saturated carbocycles. The number of anilines is 1. The molecule has 1 atom stereocenters. The number of amides is 1. The van der Waals surface area contributed by atoms with Crippen molar-refractivity contribution in [2.45, 2.75) is 17.4 Å². The van der Waals surface area contributed by atoms with Crippen molar-refractivity contribution in [3.8, 4) is 11.5 Å². The number of methoxy groups -OCH3 is 2. The predicted octanol–water partition coefficient (Wildman–Crippen LogP) is 4.02. The van der Waals surface area contributed by atoms with Gasteiger partial charge in [0.15, 0.2) is 0 Å². The van der Waals surface area contributed by atoms with Crippen molar-refractivity contribution >= 4 is 33.2 Å². The molecular weight excluding hydrogens is 471 g/mol. The molecular formula is C23H22ClFN2O5S. The maximum absolute atomic E-state index is 13.8. The van der Waals surface area contributed by atoms with Crippen molar-refractivity contribution in [3.05, 3.63) is 83.1 Å². The molecule has 0 bridgehead atoms. The van der Waals surface area contributed by atoms with Crippen molar-refractivity contribution in [3.63, 3.8) is 0 Å². The number of halogens is 2. The van der Waals surface area contributed by atoms with Crippen LogP contribution in [0.5, 0.6) is 11.5 Å². The maximum Gasteiger partial charge on any atom is 0.245 e. The highest BCUT2D eigenvalue weighted by molar-refractivity contribution is 7.89. The van der Waals surface area contributed by atoms with Crippen molar-refractivity contribution in [1.82, 2.24) is 4.72 Å². The first kappa shape index (κ1) is 24.5. The molecule has 10 heteroatoms. The number of carbonyl (C=O) groups excluding carboxylic acids is 1. The van der Waals surface area contributed by atoms with Crippen LogP contribution in [-0.2, 0) is 21.2 Å². The smallest absolute Gasteiger partial charge is 0.245 e. The van der Waals surface area contributed by atoms with Gasteiger partial charge in [0.05, 0.1) is 19.2 Å². The van der Waals surface area contributed by atoms with E-state index in [4.69, 9.17) is 21.1 Å². The second-order valence-corrected chi connectivity index (χ2v) is 9.09. The Balaban J connectivity index is 1.92. The van der Waals surface area contributed by atoms with Gasteiger partial charge < -0.3 is 14.8 Å². The number of hydrogen-bond acceptors (Lipinski definition) is 5. The Morgan fingerprint density at radius 3 is 2.30 bits per heavy atom. The Bertz CT molecular complexity index is 1240. The molecule has 0 aliphatic heterocycles. The molecule has 1 amide bonds. The number of nitrogens with one attached hydrogen (secondary N) is 2. The summed E-state index contributed by atoms with van der Waals surface area (Å²) in [6.07, 6.45) is 0.0490. The number of ether oxygens (including phenoxy) is 2. The van der Waals surface area contributed by atoms with Gasteiger partial charge in [0.1, 0.15) is 28.3 Å². The molecule has 2 N–H and O–H groups in total. The first-order valence-electron chi connectivity index (χ1n) is 9.77. The molecule has 0 radical (unpaired) electrons. The molecule has 3 aromatic carbocycles. The summed E-state index contributed by atoms with van der Waals surface area (Å²) in [6.45, 7) is 0. The zero-order valence-corrected chi connectivity index (χ0v) is 19.4. The maximum atomic E-state index is 13.8. The van der Waals surface area contributed by atoms with E-state index >= 15 is 0 Å². The van der Waals surface area contributed by atoms with Crippen LogP contribution < -0.4 is 19.5 Å². The molecule has 0 aromatic heterocycles. The minimum atomic E-state index is -4.32. The lowest BCUT2D eigenvalue weighted by atomic mass is 10.1. The molecule has 3 aromatic rings. The van der Waals surface area contributed by atoms with E-state index in [-0.39, 0.29) is 17.2 Å².